The molecule has 2 aliphatic rings. The Kier molecular flexibility index (Phi) is 3.21. The van der Waals surface area contributed by atoms with Gasteiger partial charge in [-0.05, 0) is 25.0 Å². The van der Waals surface area contributed by atoms with Gasteiger partial charge in [-0.25, -0.2) is 14.4 Å². The van der Waals surface area contributed by atoms with E-state index in [0.29, 0.717) is 25.6 Å². The van der Waals surface area contributed by atoms with E-state index >= 15 is 0 Å². The molecule has 2 saturated heterocycles. The average molecular weight is 313 g/mol. The lowest BCUT2D eigenvalue weighted by Crippen LogP contribution is -2.37. The molecule has 7 heteroatoms. The third-order valence-corrected chi connectivity index (χ3v) is 4.71. The minimum Gasteiger partial charge on any atom is -0.340 e. The van der Waals surface area contributed by atoms with E-state index in [1.54, 1.807) is 12.4 Å². The standard InChI is InChI=1S/C16H16FN5O/c17-12-8-19-15(20-9-12)21-6-3-16(11-21)4-7-22(14(16)23)13-2-1-5-18-10-13/h1-2,5,8-10H,3-4,6-7,11H2. The van der Waals surface area contributed by atoms with Crippen molar-refractivity contribution in [2.45, 2.75) is 12.8 Å². The topological polar surface area (TPSA) is 62.2 Å². The number of pyridine rings is 1. The van der Waals surface area contributed by atoms with E-state index in [4.69, 9.17) is 0 Å². The summed E-state index contributed by atoms with van der Waals surface area (Å²) in [5.41, 5.74) is 0.444. The van der Waals surface area contributed by atoms with Crippen LogP contribution in [0.2, 0.25) is 0 Å². The molecule has 0 saturated carbocycles. The van der Waals surface area contributed by atoms with Crippen LogP contribution in [0.3, 0.4) is 0 Å². The summed E-state index contributed by atoms with van der Waals surface area (Å²) in [5, 5.41) is 0. The third-order valence-electron chi connectivity index (χ3n) is 4.71. The summed E-state index contributed by atoms with van der Waals surface area (Å²) in [7, 11) is 0. The van der Waals surface area contributed by atoms with Crippen LogP contribution in [0.15, 0.2) is 36.9 Å². The molecular weight excluding hydrogens is 297 g/mol. The molecule has 1 unspecified atom stereocenters. The fourth-order valence-corrected chi connectivity index (χ4v) is 3.47. The normalized spacial score (nSPS) is 24.0. The molecule has 0 aromatic carbocycles. The number of halogens is 1. The lowest BCUT2D eigenvalue weighted by molar-refractivity contribution is -0.124. The molecule has 1 amide bonds. The number of rotatable bonds is 2. The monoisotopic (exact) mass is 313 g/mol. The molecule has 4 rings (SSSR count). The number of hydrogen-bond acceptors (Lipinski definition) is 5. The number of aromatic nitrogens is 3. The molecule has 6 nitrogen and oxygen atoms in total. The highest BCUT2D eigenvalue weighted by Gasteiger charge is 2.51. The van der Waals surface area contributed by atoms with Crippen molar-refractivity contribution in [1.82, 2.24) is 15.0 Å². The number of anilines is 2. The summed E-state index contributed by atoms with van der Waals surface area (Å²) in [6, 6.07) is 3.74. The van der Waals surface area contributed by atoms with Crippen molar-refractivity contribution >= 4 is 17.5 Å². The molecule has 0 bridgehead atoms. The highest BCUT2D eigenvalue weighted by atomic mass is 19.1. The molecule has 2 aromatic heterocycles. The zero-order chi connectivity index (χ0) is 15.9. The first-order chi connectivity index (χ1) is 11.2. The Morgan fingerprint density at radius 2 is 1.91 bits per heavy atom. The van der Waals surface area contributed by atoms with Gasteiger partial charge < -0.3 is 9.80 Å². The molecule has 0 N–H and O–H groups in total. The predicted molar refractivity (Wildman–Crippen MR) is 82.5 cm³/mol. The number of nitrogens with zero attached hydrogens (tertiary/aromatic N) is 5. The largest absolute Gasteiger partial charge is 0.340 e. The van der Waals surface area contributed by atoms with Crippen molar-refractivity contribution < 1.29 is 9.18 Å². The van der Waals surface area contributed by atoms with Crippen LogP contribution in [0.4, 0.5) is 16.0 Å². The number of amides is 1. The molecule has 118 valence electrons. The third kappa shape index (κ3) is 2.32. The van der Waals surface area contributed by atoms with Crippen LogP contribution in [0.1, 0.15) is 12.8 Å². The van der Waals surface area contributed by atoms with Gasteiger partial charge >= 0.3 is 0 Å². The van der Waals surface area contributed by atoms with Crippen LogP contribution in [-0.4, -0.2) is 40.5 Å². The molecule has 2 fully saturated rings. The van der Waals surface area contributed by atoms with Gasteiger partial charge in [0, 0.05) is 25.8 Å². The van der Waals surface area contributed by atoms with E-state index in [9.17, 15) is 9.18 Å². The van der Waals surface area contributed by atoms with E-state index in [2.05, 4.69) is 15.0 Å². The molecule has 2 aromatic rings. The Bertz CT molecular complexity index is 723. The number of carbonyl (C=O) groups excluding carboxylic acids is 1. The van der Waals surface area contributed by atoms with Gasteiger partial charge in [-0.3, -0.25) is 9.78 Å². The van der Waals surface area contributed by atoms with E-state index in [-0.39, 0.29) is 5.91 Å². The van der Waals surface area contributed by atoms with Gasteiger partial charge in [0.1, 0.15) is 0 Å². The summed E-state index contributed by atoms with van der Waals surface area (Å²) in [6.45, 7) is 1.98. The van der Waals surface area contributed by atoms with Gasteiger partial charge in [-0.1, -0.05) is 0 Å². The summed E-state index contributed by atoms with van der Waals surface area (Å²) in [6.07, 6.45) is 7.30. The summed E-state index contributed by atoms with van der Waals surface area (Å²) in [5.74, 6) is 0.161. The van der Waals surface area contributed by atoms with Crippen LogP contribution in [-0.2, 0) is 4.79 Å². The van der Waals surface area contributed by atoms with Crippen LogP contribution in [0, 0.1) is 11.2 Å². The zero-order valence-electron chi connectivity index (χ0n) is 12.5. The van der Waals surface area contributed by atoms with E-state index in [0.717, 1.165) is 30.9 Å². The fraction of sp³-hybridized carbons (Fsp3) is 0.375. The Morgan fingerprint density at radius 3 is 2.65 bits per heavy atom. The number of hydrogen-bond donors (Lipinski definition) is 0. The Morgan fingerprint density at radius 1 is 1.13 bits per heavy atom. The van der Waals surface area contributed by atoms with E-state index in [1.165, 1.54) is 0 Å². The lowest BCUT2D eigenvalue weighted by atomic mass is 9.85. The average Bonchev–Trinajstić information content (AvgIpc) is 3.15. The second-order valence-corrected chi connectivity index (χ2v) is 6.07. The maximum atomic E-state index is 13.0. The molecule has 1 atom stereocenters. The summed E-state index contributed by atoms with van der Waals surface area (Å²) in [4.78, 5) is 28.8. The van der Waals surface area contributed by atoms with Crippen molar-refractivity contribution in [2.24, 2.45) is 5.41 Å². The van der Waals surface area contributed by atoms with Gasteiger partial charge in [0.15, 0.2) is 5.82 Å². The summed E-state index contributed by atoms with van der Waals surface area (Å²) >= 11 is 0. The highest BCUT2D eigenvalue weighted by molar-refractivity contribution is 6.00. The quantitative estimate of drug-likeness (QED) is 0.843. The van der Waals surface area contributed by atoms with Gasteiger partial charge in [-0.2, -0.15) is 0 Å². The first-order valence-corrected chi connectivity index (χ1v) is 7.62. The molecule has 0 aliphatic carbocycles. The fourth-order valence-electron chi connectivity index (χ4n) is 3.47. The SMILES string of the molecule is O=C1N(c2cccnc2)CCC12CCN(c1ncc(F)cn1)C2. The van der Waals surface area contributed by atoms with Crippen molar-refractivity contribution in [3.8, 4) is 0 Å². The maximum Gasteiger partial charge on any atom is 0.235 e. The molecule has 4 heterocycles. The van der Waals surface area contributed by atoms with Crippen LogP contribution < -0.4 is 9.80 Å². The molecule has 1 spiro atoms. The van der Waals surface area contributed by atoms with E-state index < -0.39 is 11.2 Å². The highest BCUT2D eigenvalue weighted by Crippen LogP contribution is 2.42. The van der Waals surface area contributed by atoms with Gasteiger partial charge in [-0.15, -0.1) is 0 Å². The van der Waals surface area contributed by atoms with Crippen molar-refractivity contribution in [3.63, 3.8) is 0 Å². The number of carbonyl (C=O) groups is 1. The molecule has 23 heavy (non-hydrogen) atoms. The van der Waals surface area contributed by atoms with Crippen molar-refractivity contribution in [1.29, 1.82) is 0 Å². The first-order valence-electron chi connectivity index (χ1n) is 7.62. The lowest BCUT2D eigenvalue weighted by Gasteiger charge is -2.23. The molecule has 0 radical (unpaired) electrons. The van der Waals surface area contributed by atoms with Gasteiger partial charge in [0.25, 0.3) is 0 Å². The molecule has 2 aliphatic heterocycles. The first kappa shape index (κ1) is 14.0. The smallest absolute Gasteiger partial charge is 0.235 e. The van der Waals surface area contributed by atoms with Gasteiger partial charge in [0.2, 0.25) is 11.9 Å². The maximum absolute atomic E-state index is 13.0. The van der Waals surface area contributed by atoms with Crippen LogP contribution >= 0.6 is 0 Å². The molecular formula is C16H16FN5O. The minimum absolute atomic E-state index is 0.134. The predicted octanol–water partition coefficient (Wildman–Crippen LogP) is 1.64. The Balaban J connectivity index is 1.54. The van der Waals surface area contributed by atoms with Crippen molar-refractivity contribution in [3.05, 3.63) is 42.7 Å². The second-order valence-electron chi connectivity index (χ2n) is 6.07. The Labute approximate surface area is 133 Å². The Hall–Kier alpha value is -2.57. The van der Waals surface area contributed by atoms with Gasteiger partial charge in [0.05, 0.1) is 29.7 Å². The summed E-state index contributed by atoms with van der Waals surface area (Å²) < 4.78 is 13.0. The van der Waals surface area contributed by atoms with Crippen LogP contribution in [0.5, 0.6) is 0 Å². The van der Waals surface area contributed by atoms with Crippen molar-refractivity contribution in [2.75, 3.05) is 29.4 Å². The van der Waals surface area contributed by atoms with Crippen LogP contribution in [0.25, 0.3) is 0 Å². The van der Waals surface area contributed by atoms with E-state index in [1.807, 2.05) is 21.9 Å². The zero-order valence-corrected chi connectivity index (χ0v) is 12.5. The minimum atomic E-state index is -0.456. The second kappa shape index (κ2) is 5.26.